The van der Waals surface area contributed by atoms with Gasteiger partial charge in [-0.05, 0) is 37.0 Å². The fraction of sp³-hybridized carbons (Fsp3) is 0.556. The van der Waals surface area contributed by atoms with Crippen molar-refractivity contribution in [1.29, 1.82) is 0 Å². The highest BCUT2D eigenvalue weighted by Gasteiger charge is 2.47. The highest BCUT2D eigenvalue weighted by Crippen LogP contribution is 2.38. The molecule has 136 valence electrons. The second-order valence-corrected chi connectivity index (χ2v) is 8.60. The lowest BCUT2D eigenvalue weighted by atomic mass is 9.81. The molecule has 25 heavy (non-hydrogen) atoms. The normalized spacial score (nSPS) is 23.8. The van der Waals surface area contributed by atoms with Crippen LogP contribution in [0, 0.1) is 18.8 Å². The van der Waals surface area contributed by atoms with E-state index >= 15 is 0 Å². The number of rotatable bonds is 5. The predicted octanol–water partition coefficient (Wildman–Crippen LogP) is 1.97. The minimum absolute atomic E-state index is 0.105. The van der Waals surface area contributed by atoms with Gasteiger partial charge in [0.25, 0.3) is 0 Å². The van der Waals surface area contributed by atoms with Crippen molar-refractivity contribution in [1.82, 2.24) is 9.62 Å². The molecule has 0 radical (unpaired) electrons. The number of amides is 2. The summed E-state index contributed by atoms with van der Waals surface area (Å²) in [6.45, 7) is 3.90. The number of benzene rings is 1. The van der Waals surface area contributed by atoms with E-state index < -0.39 is 10.0 Å². The Hall–Kier alpha value is -1.73. The molecule has 1 aliphatic heterocycles. The third-order valence-corrected chi connectivity index (χ3v) is 6.84. The second kappa shape index (κ2) is 6.88. The molecule has 2 fully saturated rings. The molecule has 2 amide bonds. The molecule has 6 nitrogen and oxygen atoms in total. The molecule has 3 rings (SSSR count). The Morgan fingerprint density at radius 3 is 2.28 bits per heavy atom. The number of carbonyl (C=O) groups is 2. The molecule has 2 atom stereocenters. The first-order chi connectivity index (χ1) is 11.8. The molecule has 1 saturated heterocycles. The van der Waals surface area contributed by atoms with Crippen LogP contribution in [-0.4, -0.2) is 31.7 Å². The van der Waals surface area contributed by atoms with Crippen LogP contribution in [0.5, 0.6) is 0 Å². The van der Waals surface area contributed by atoms with Gasteiger partial charge in [-0.3, -0.25) is 14.5 Å². The Balaban J connectivity index is 1.86. The number of carbonyl (C=O) groups excluding carboxylic acids is 2. The van der Waals surface area contributed by atoms with Crippen molar-refractivity contribution < 1.29 is 18.0 Å². The highest BCUT2D eigenvalue weighted by molar-refractivity contribution is 7.89. The molecule has 7 heteroatoms. The van der Waals surface area contributed by atoms with E-state index in [4.69, 9.17) is 0 Å². The van der Waals surface area contributed by atoms with Gasteiger partial charge in [0.05, 0.1) is 23.3 Å². The fourth-order valence-electron chi connectivity index (χ4n) is 3.87. The molecule has 1 aliphatic carbocycles. The fourth-order valence-corrected chi connectivity index (χ4v) is 5.20. The van der Waals surface area contributed by atoms with Gasteiger partial charge in [0, 0.05) is 6.54 Å². The summed E-state index contributed by atoms with van der Waals surface area (Å²) in [4.78, 5) is 26.7. The first-order valence-corrected chi connectivity index (χ1v) is 10.3. The van der Waals surface area contributed by atoms with E-state index in [1.54, 1.807) is 32.0 Å². The zero-order valence-corrected chi connectivity index (χ0v) is 15.4. The lowest BCUT2D eigenvalue weighted by Crippen LogP contribution is -2.30. The predicted molar refractivity (Wildman–Crippen MR) is 93.0 cm³/mol. The molecule has 0 spiro atoms. The number of sulfonamides is 1. The van der Waals surface area contributed by atoms with Crippen molar-refractivity contribution in [3.8, 4) is 0 Å². The van der Waals surface area contributed by atoms with Crippen LogP contribution in [-0.2, 0) is 26.2 Å². The molecular weight excluding hydrogens is 340 g/mol. The Morgan fingerprint density at radius 1 is 1.12 bits per heavy atom. The number of imide groups is 1. The molecule has 1 heterocycles. The Morgan fingerprint density at radius 2 is 1.72 bits per heavy atom. The summed E-state index contributed by atoms with van der Waals surface area (Å²) >= 11 is 0. The van der Waals surface area contributed by atoms with Crippen LogP contribution in [0.3, 0.4) is 0 Å². The van der Waals surface area contributed by atoms with Crippen molar-refractivity contribution in [2.75, 3.05) is 6.54 Å². The van der Waals surface area contributed by atoms with E-state index in [1.165, 1.54) is 4.90 Å². The average molecular weight is 364 g/mol. The zero-order chi connectivity index (χ0) is 18.2. The van der Waals surface area contributed by atoms with E-state index in [-0.39, 0.29) is 35.1 Å². The molecule has 1 aromatic carbocycles. The topological polar surface area (TPSA) is 83.6 Å². The minimum Gasteiger partial charge on any atom is -0.278 e. The number of aryl methyl sites for hydroxylation is 1. The second-order valence-electron chi connectivity index (χ2n) is 6.86. The maximum Gasteiger partial charge on any atom is 0.240 e. The minimum atomic E-state index is -3.58. The van der Waals surface area contributed by atoms with E-state index in [9.17, 15) is 18.0 Å². The smallest absolute Gasteiger partial charge is 0.240 e. The van der Waals surface area contributed by atoms with Gasteiger partial charge in [0.2, 0.25) is 21.8 Å². The number of nitrogens with one attached hydrogen (secondary N) is 1. The monoisotopic (exact) mass is 364 g/mol. The number of hydrogen-bond donors (Lipinski definition) is 1. The SMILES string of the molecule is CCNS(=O)(=O)c1cc(CN2C(=O)[C@H]3CCCC[C@H]3C2=O)ccc1C. The number of likely N-dealkylation sites (tertiary alicyclic amines) is 1. The zero-order valence-electron chi connectivity index (χ0n) is 14.6. The van der Waals surface area contributed by atoms with Crippen LogP contribution >= 0.6 is 0 Å². The Kier molecular flexibility index (Phi) is 4.97. The van der Waals surface area contributed by atoms with Crippen LogP contribution in [0.25, 0.3) is 0 Å². The molecule has 1 N–H and O–H groups in total. The summed E-state index contributed by atoms with van der Waals surface area (Å²) in [5.74, 6) is -0.578. The van der Waals surface area contributed by atoms with Gasteiger partial charge in [-0.2, -0.15) is 0 Å². The lowest BCUT2D eigenvalue weighted by Gasteiger charge is -2.19. The molecule has 0 aromatic heterocycles. The summed E-state index contributed by atoms with van der Waals surface area (Å²) < 4.78 is 27.1. The molecule has 2 aliphatic rings. The highest BCUT2D eigenvalue weighted by atomic mass is 32.2. The van der Waals surface area contributed by atoms with Gasteiger partial charge < -0.3 is 0 Å². The summed E-state index contributed by atoms with van der Waals surface area (Å²) in [5, 5.41) is 0. The Labute approximate surface area is 148 Å². The quantitative estimate of drug-likeness (QED) is 0.810. The summed E-state index contributed by atoms with van der Waals surface area (Å²) in [5.41, 5.74) is 1.29. The standard InChI is InChI=1S/C18H24N2O4S/c1-3-19-25(23,24)16-10-13(9-8-12(16)2)11-20-17(21)14-6-4-5-7-15(14)18(20)22/h8-10,14-15,19H,3-7,11H2,1-2H3/t14-,15+. The Bertz CT molecular complexity index is 779. The summed E-state index contributed by atoms with van der Waals surface area (Å²) in [7, 11) is -3.58. The molecule has 0 unspecified atom stereocenters. The molecule has 1 aromatic rings. The largest absolute Gasteiger partial charge is 0.278 e. The van der Waals surface area contributed by atoms with E-state index in [2.05, 4.69) is 4.72 Å². The van der Waals surface area contributed by atoms with Crippen LogP contribution < -0.4 is 4.72 Å². The number of hydrogen-bond acceptors (Lipinski definition) is 4. The van der Waals surface area contributed by atoms with Gasteiger partial charge in [-0.1, -0.05) is 31.9 Å². The number of fused-ring (bicyclic) bond motifs is 1. The average Bonchev–Trinajstić information content (AvgIpc) is 2.82. The van der Waals surface area contributed by atoms with Crippen LogP contribution in [0.1, 0.15) is 43.7 Å². The first kappa shape index (κ1) is 18.1. The van der Waals surface area contributed by atoms with Gasteiger partial charge in [0.1, 0.15) is 0 Å². The van der Waals surface area contributed by atoms with Crippen molar-refractivity contribution in [3.05, 3.63) is 29.3 Å². The summed E-state index contributed by atoms with van der Waals surface area (Å²) in [6.07, 6.45) is 3.53. The van der Waals surface area contributed by atoms with Crippen LogP contribution in [0.4, 0.5) is 0 Å². The van der Waals surface area contributed by atoms with Crippen molar-refractivity contribution >= 4 is 21.8 Å². The number of nitrogens with zero attached hydrogens (tertiary/aromatic N) is 1. The lowest BCUT2D eigenvalue weighted by molar-refractivity contribution is -0.140. The molecular formula is C18H24N2O4S. The molecule has 1 saturated carbocycles. The van der Waals surface area contributed by atoms with Gasteiger partial charge in [-0.25, -0.2) is 13.1 Å². The maximum atomic E-state index is 12.6. The van der Waals surface area contributed by atoms with E-state index in [1.807, 2.05) is 0 Å². The maximum absolute atomic E-state index is 12.6. The summed E-state index contributed by atoms with van der Waals surface area (Å²) in [6, 6.07) is 5.07. The molecule has 0 bridgehead atoms. The van der Waals surface area contributed by atoms with E-state index in [0.717, 1.165) is 25.7 Å². The van der Waals surface area contributed by atoms with Crippen molar-refractivity contribution in [2.45, 2.75) is 51.0 Å². The third kappa shape index (κ3) is 3.35. The van der Waals surface area contributed by atoms with Crippen molar-refractivity contribution in [3.63, 3.8) is 0 Å². The van der Waals surface area contributed by atoms with Gasteiger partial charge in [0.15, 0.2) is 0 Å². The van der Waals surface area contributed by atoms with Crippen LogP contribution in [0.2, 0.25) is 0 Å². The third-order valence-electron chi connectivity index (χ3n) is 5.15. The van der Waals surface area contributed by atoms with E-state index in [0.29, 0.717) is 17.7 Å². The van der Waals surface area contributed by atoms with Gasteiger partial charge >= 0.3 is 0 Å². The van der Waals surface area contributed by atoms with Crippen molar-refractivity contribution in [2.24, 2.45) is 11.8 Å². The van der Waals surface area contributed by atoms with Crippen LogP contribution in [0.15, 0.2) is 23.1 Å². The van der Waals surface area contributed by atoms with Gasteiger partial charge in [-0.15, -0.1) is 0 Å². The first-order valence-electron chi connectivity index (χ1n) is 8.79.